The summed E-state index contributed by atoms with van der Waals surface area (Å²) in [5, 5.41) is 12.1. The molecule has 2 N–H and O–H groups in total. The number of ether oxygens (including phenoxy) is 1. The van der Waals surface area contributed by atoms with E-state index in [1.54, 1.807) is 19.1 Å². The van der Waals surface area contributed by atoms with Crippen LogP contribution in [-0.4, -0.2) is 42.9 Å². The van der Waals surface area contributed by atoms with Gasteiger partial charge in [0.2, 0.25) is 0 Å². The zero-order valence-electron chi connectivity index (χ0n) is 18.6. The van der Waals surface area contributed by atoms with Gasteiger partial charge in [0.05, 0.1) is 11.5 Å². The second kappa shape index (κ2) is 8.36. The van der Waals surface area contributed by atoms with Gasteiger partial charge in [0, 0.05) is 47.1 Å². The molecule has 178 valence electrons. The number of aliphatic hydroxyl groups is 1. The van der Waals surface area contributed by atoms with Gasteiger partial charge in [-0.25, -0.2) is 17.2 Å². The molecule has 2 heterocycles. The predicted octanol–water partition coefficient (Wildman–Crippen LogP) is 5.39. The normalized spacial score (nSPS) is 16.9. The highest BCUT2D eigenvalue weighted by Crippen LogP contribution is 2.44. The Kier molecular flexibility index (Phi) is 6.12. The molecule has 0 aliphatic carbocycles. The highest BCUT2D eigenvalue weighted by molar-refractivity contribution is 9.10. The lowest BCUT2D eigenvalue weighted by Gasteiger charge is -2.36. The van der Waals surface area contributed by atoms with Crippen LogP contribution in [-0.2, 0) is 22.7 Å². The molecule has 0 amide bonds. The van der Waals surface area contributed by atoms with Crippen LogP contribution in [0.2, 0.25) is 0 Å². The topological polar surface area (TPSA) is 79.4 Å². The summed E-state index contributed by atoms with van der Waals surface area (Å²) < 4.78 is 60.5. The smallest absolute Gasteiger partial charge is 0.273 e. The zero-order chi connectivity index (χ0) is 24.2. The van der Waals surface area contributed by atoms with E-state index in [4.69, 9.17) is 4.74 Å². The van der Waals surface area contributed by atoms with Crippen molar-refractivity contribution in [2.75, 3.05) is 12.9 Å². The quantitative estimate of drug-likeness (QED) is 0.420. The Morgan fingerprint density at radius 3 is 2.64 bits per heavy atom. The Morgan fingerprint density at radius 1 is 1.24 bits per heavy atom. The molecule has 0 radical (unpaired) electrons. The first kappa shape index (κ1) is 24.2. The lowest BCUT2D eigenvalue weighted by molar-refractivity contribution is -0.175. The summed E-state index contributed by atoms with van der Waals surface area (Å²) in [6.07, 6.45) is 1.10. The van der Waals surface area contributed by atoms with Gasteiger partial charge in [0.1, 0.15) is 11.4 Å². The summed E-state index contributed by atoms with van der Waals surface area (Å²) in [5.74, 6) is -3.45. The van der Waals surface area contributed by atoms with Crippen molar-refractivity contribution < 1.29 is 27.0 Å². The maximum atomic E-state index is 14.8. The van der Waals surface area contributed by atoms with Gasteiger partial charge in [-0.15, -0.1) is 0 Å². The van der Waals surface area contributed by atoms with Crippen molar-refractivity contribution in [2.24, 2.45) is 0 Å². The number of halogens is 3. The zero-order valence-corrected chi connectivity index (χ0v) is 21.0. The summed E-state index contributed by atoms with van der Waals surface area (Å²) in [4.78, 5) is 3.24. The van der Waals surface area contributed by atoms with Gasteiger partial charge >= 0.3 is 0 Å². The molecule has 2 unspecified atom stereocenters. The largest absolute Gasteiger partial charge is 0.493 e. The van der Waals surface area contributed by atoms with E-state index in [1.807, 2.05) is 18.2 Å². The molecule has 0 fully saturated rings. The molecule has 0 saturated carbocycles. The van der Waals surface area contributed by atoms with Gasteiger partial charge in [-0.05, 0) is 59.9 Å². The Balaban J connectivity index is 1.70. The van der Waals surface area contributed by atoms with E-state index in [1.165, 1.54) is 6.07 Å². The fraction of sp³-hybridized carbons (Fsp3) is 0.417. The van der Waals surface area contributed by atoms with Crippen molar-refractivity contribution in [3.8, 4) is 5.75 Å². The van der Waals surface area contributed by atoms with E-state index in [0.717, 1.165) is 27.2 Å². The molecular weight excluding hydrogens is 516 g/mol. The van der Waals surface area contributed by atoms with Gasteiger partial charge in [0.15, 0.2) is 9.84 Å². The average molecular weight is 542 g/mol. The number of sulfone groups is 1. The molecule has 1 aliphatic rings. The molecule has 5 nitrogen and oxygen atoms in total. The summed E-state index contributed by atoms with van der Waals surface area (Å²) in [6.45, 7) is 2.83. The van der Waals surface area contributed by atoms with Gasteiger partial charge in [-0.2, -0.15) is 0 Å². The van der Waals surface area contributed by atoms with Crippen LogP contribution < -0.4 is 4.74 Å². The van der Waals surface area contributed by atoms with Gasteiger partial charge in [-0.1, -0.05) is 22.9 Å². The molecule has 3 aromatic rings. The fourth-order valence-corrected chi connectivity index (χ4v) is 5.56. The summed E-state index contributed by atoms with van der Waals surface area (Å²) >= 11 is 3.40. The lowest BCUT2D eigenvalue weighted by Crippen LogP contribution is -2.49. The molecule has 0 saturated heterocycles. The number of hydrogen-bond donors (Lipinski definition) is 2. The van der Waals surface area contributed by atoms with Crippen molar-refractivity contribution in [1.29, 1.82) is 0 Å². The fourth-order valence-electron chi connectivity index (χ4n) is 4.49. The van der Waals surface area contributed by atoms with Crippen LogP contribution in [0, 0.1) is 0 Å². The van der Waals surface area contributed by atoms with Crippen LogP contribution in [0.4, 0.5) is 8.78 Å². The first-order valence-corrected chi connectivity index (χ1v) is 13.3. The summed E-state index contributed by atoms with van der Waals surface area (Å²) in [5.41, 5.74) is 0.180. The van der Waals surface area contributed by atoms with Gasteiger partial charge < -0.3 is 14.8 Å². The van der Waals surface area contributed by atoms with Crippen molar-refractivity contribution in [2.45, 2.75) is 55.4 Å². The number of aromatic nitrogens is 1. The summed E-state index contributed by atoms with van der Waals surface area (Å²) in [6, 6.07) is 10.4. The number of aromatic amines is 1. The molecule has 0 bridgehead atoms. The third-order valence-corrected chi connectivity index (χ3v) is 7.91. The third-order valence-electron chi connectivity index (χ3n) is 6.33. The minimum absolute atomic E-state index is 0.126. The third kappa shape index (κ3) is 4.81. The van der Waals surface area contributed by atoms with E-state index < -0.39 is 27.3 Å². The van der Waals surface area contributed by atoms with Crippen LogP contribution >= 0.6 is 15.9 Å². The Bertz CT molecular complexity index is 1320. The van der Waals surface area contributed by atoms with Crippen molar-refractivity contribution in [1.82, 2.24) is 4.98 Å². The molecule has 2 atom stereocenters. The Labute approximate surface area is 200 Å². The lowest BCUT2D eigenvalue weighted by atomic mass is 9.80. The first-order chi connectivity index (χ1) is 15.3. The van der Waals surface area contributed by atoms with Gasteiger partial charge in [-0.3, -0.25) is 0 Å². The van der Waals surface area contributed by atoms with E-state index in [9.17, 15) is 22.3 Å². The van der Waals surface area contributed by atoms with E-state index in [0.29, 0.717) is 37.0 Å². The standard InChI is InChI=1S/C24H26BrF2NO4S/c1-14(20-11-19(33(3,30)31)10-15-6-7-32-22(15)20)12-24(29,23(2,26)27)13-18-9-16-8-17(25)4-5-21(16)28-18/h4-5,8-11,14,28-29H,6-7,12-13H2,1-3H3. The monoisotopic (exact) mass is 541 g/mol. The molecule has 4 rings (SSSR count). The van der Waals surface area contributed by atoms with Crippen molar-refractivity contribution in [3.63, 3.8) is 0 Å². The maximum Gasteiger partial charge on any atom is 0.273 e. The summed E-state index contributed by atoms with van der Waals surface area (Å²) in [7, 11) is -3.49. The minimum Gasteiger partial charge on any atom is -0.493 e. The molecule has 1 aromatic heterocycles. The Hall–Kier alpha value is -1.97. The van der Waals surface area contributed by atoms with E-state index in [-0.39, 0.29) is 17.7 Å². The first-order valence-electron chi connectivity index (χ1n) is 10.6. The number of hydrogen-bond acceptors (Lipinski definition) is 4. The number of nitrogens with one attached hydrogen (secondary N) is 1. The number of rotatable bonds is 7. The maximum absolute atomic E-state index is 14.8. The van der Waals surface area contributed by atoms with Crippen LogP contribution in [0.3, 0.4) is 0 Å². The number of H-pyrrole nitrogens is 1. The molecule has 0 spiro atoms. The Morgan fingerprint density at radius 2 is 1.97 bits per heavy atom. The number of fused-ring (bicyclic) bond motifs is 2. The van der Waals surface area contributed by atoms with Crippen LogP contribution in [0.25, 0.3) is 10.9 Å². The van der Waals surface area contributed by atoms with Crippen LogP contribution in [0.15, 0.2) is 45.8 Å². The molecular formula is C24H26BrF2NO4S. The molecule has 1 aliphatic heterocycles. The van der Waals surface area contributed by atoms with Crippen LogP contribution in [0.1, 0.15) is 43.0 Å². The van der Waals surface area contributed by atoms with Gasteiger partial charge in [0.25, 0.3) is 5.92 Å². The SMILES string of the molecule is CC(CC(O)(Cc1cc2cc(Br)ccc2[nH]1)C(C)(F)F)c1cc(S(C)(=O)=O)cc2c1OCC2. The molecule has 33 heavy (non-hydrogen) atoms. The van der Waals surface area contributed by atoms with E-state index >= 15 is 0 Å². The van der Waals surface area contributed by atoms with E-state index in [2.05, 4.69) is 20.9 Å². The predicted molar refractivity (Wildman–Crippen MR) is 127 cm³/mol. The highest BCUT2D eigenvalue weighted by Gasteiger charge is 2.50. The minimum atomic E-state index is -3.49. The second-order valence-corrected chi connectivity index (χ2v) is 12.0. The molecule has 9 heteroatoms. The second-order valence-electron chi connectivity index (χ2n) is 9.10. The van der Waals surface area contributed by atoms with Crippen molar-refractivity contribution in [3.05, 3.63) is 57.7 Å². The highest BCUT2D eigenvalue weighted by atomic mass is 79.9. The van der Waals surface area contributed by atoms with Crippen LogP contribution in [0.5, 0.6) is 5.75 Å². The molecule has 2 aromatic carbocycles. The number of benzene rings is 2. The average Bonchev–Trinajstić information content (AvgIpc) is 3.31. The number of alkyl halides is 2. The van der Waals surface area contributed by atoms with Crippen molar-refractivity contribution >= 4 is 36.7 Å².